The summed E-state index contributed by atoms with van der Waals surface area (Å²) in [5.41, 5.74) is -1.56. The van der Waals surface area contributed by atoms with E-state index in [4.69, 9.17) is 4.74 Å². The minimum absolute atomic E-state index is 0. The molecule has 0 saturated carbocycles. The van der Waals surface area contributed by atoms with Gasteiger partial charge in [-0.1, -0.05) is 36.4 Å². The van der Waals surface area contributed by atoms with Gasteiger partial charge in [0.25, 0.3) is 0 Å². The summed E-state index contributed by atoms with van der Waals surface area (Å²) in [7, 11) is 0. The SMILES string of the molecule is C=CCC[C@]1(C(=O)OCC)CC[C@](O)(c2ccccc2)[N]1.[Fe]. The molecule has 0 amide bonds. The zero-order valence-corrected chi connectivity index (χ0v) is 13.9. The average molecular weight is 344 g/mol. The van der Waals surface area contributed by atoms with Crippen LogP contribution in [0.2, 0.25) is 0 Å². The summed E-state index contributed by atoms with van der Waals surface area (Å²) in [5.74, 6) is -0.348. The predicted octanol–water partition coefficient (Wildman–Crippen LogP) is 2.50. The van der Waals surface area contributed by atoms with Gasteiger partial charge in [-0.05, 0) is 38.2 Å². The monoisotopic (exact) mass is 344 g/mol. The van der Waals surface area contributed by atoms with Gasteiger partial charge in [0.2, 0.25) is 0 Å². The van der Waals surface area contributed by atoms with Crippen molar-refractivity contribution in [3.8, 4) is 0 Å². The van der Waals surface area contributed by atoms with Crippen molar-refractivity contribution in [3.05, 3.63) is 48.6 Å². The van der Waals surface area contributed by atoms with Crippen molar-refractivity contribution in [2.45, 2.75) is 43.9 Å². The molecular weight excluding hydrogens is 322 g/mol. The molecule has 2 atom stereocenters. The van der Waals surface area contributed by atoms with Crippen LogP contribution in [0.1, 0.15) is 38.2 Å². The molecule has 121 valence electrons. The fraction of sp³-hybridized carbons (Fsp3) is 0.471. The molecule has 2 rings (SSSR count). The Kier molecular flexibility index (Phi) is 6.82. The van der Waals surface area contributed by atoms with Crippen LogP contribution in [0, 0.1) is 0 Å². The number of benzene rings is 1. The van der Waals surface area contributed by atoms with Crippen molar-refractivity contribution >= 4 is 5.97 Å². The summed E-state index contributed by atoms with van der Waals surface area (Å²) >= 11 is 0. The number of rotatable bonds is 6. The van der Waals surface area contributed by atoms with E-state index in [1.54, 1.807) is 13.0 Å². The molecule has 1 aromatic rings. The van der Waals surface area contributed by atoms with Gasteiger partial charge in [0.15, 0.2) is 5.72 Å². The molecule has 1 aromatic carbocycles. The van der Waals surface area contributed by atoms with E-state index in [1.807, 2.05) is 30.3 Å². The first-order valence-corrected chi connectivity index (χ1v) is 7.36. The molecule has 1 aliphatic heterocycles. The largest absolute Gasteiger partial charge is 0.465 e. The van der Waals surface area contributed by atoms with E-state index in [-0.39, 0.29) is 23.0 Å². The first-order chi connectivity index (χ1) is 10.1. The molecule has 1 radical (unpaired) electrons. The molecule has 5 heteroatoms. The van der Waals surface area contributed by atoms with Crippen LogP contribution in [0.5, 0.6) is 0 Å². The van der Waals surface area contributed by atoms with Crippen LogP contribution in [0.15, 0.2) is 43.0 Å². The smallest absolute Gasteiger partial charge is 0.328 e. The van der Waals surface area contributed by atoms with E-state index in [9.17, 15) is 9.90 Å². The number of aliphatic hydroxyl groups is 1. The number of nitrogens with zero attached hydrogens (tertiary/aromatic N) is 1. The zero-order chi connectivity index (χ0) is 15.3. The zero-order valence-electron chi connectivity index (χ0n) is 12.8. The van der Waals surface area contributed by atoms with E-state index >= 15 is 0 Å². The van der Waals surface area contributed by atoms with Gasteiger partial charge in [-0.15, -0.1) is 6.58 Å². The summed E-state index contributed by atoms with van der Waals surface area (Å²) < 4.78 is 5.18. The van der Waals surface area contributed by atoms with Crippen LogP contribution in [0.3, 0.4) is 0 Å². The number of carbonyl (C=O) groups is 1. The number of ether oxygens (including phenoxy) is 1. The van der Waals surface area contributed by atoms with Crippen LogP contribution in [0.4, 0.5) is 0 Å². The van der Waals surface area contributed by atoms with Crippen molar-refractivity contribution in [3.63, 3.8) is 0 Å². The van der Waals surface area contributed by atoms with Gasteiger partial charge in [-0.25, -0.2) is 4.79 Å². The summed E-state index contributed by atoms with van der Waals surface area (Å²) in [6.45, 7) is 5.79. The maximum atomic E-state index is 12.3. The maximum Gasteiger partial charge on any atom is 0.328 e. The third kappa shape index (κ3) is 3.79. The number of esters is 1. The Morgan fingerprint density at radius 1 is 1.41 bits per heavy atom. The second-order valence-electron chi connectivity index (χ2n) is 5.37. The quantitative estimate of drug-likeness (QED) is 0.490. The minimum Gasteiger partial charge on any atom is -0.465 e. The van der Waals surface area contributed by atoms with Gasteiger partial charge < -0.3 is 9.84 Å². The van der Waals surface area contributed by atoms with Gasteiger partial charge in [0, 0.05) is 17.1 Å². The van der Waals surface area contributed by atoms with E-state index in [0.717, 1.165) is 5.56 Å². The van der Waals surface area contributed by atoms with E-state index < -0.39 is 11.3 Å². The number of allylic oxidation sites excluding steroid dienone is 1. The summed E-state index contributed by atoms with van der Waals surface area (Å²) in [6.07, 6.45) is 3.85. The summed E-state index contributed by atoms with van der Waals surface area (Å²) in [4.78, 5) is 12.3. The summed E-state index contributed by atoms with van der Waals surface area (Å²) in [6, 6.07) is 9.27. The fourth-order valence-corrected chi connectivity index (χ4v) is 2.80. The Bertz CT molecular complexity index is 508. The normalized spacial score (nSPS) is 27.0. The molecule has 1 fully saturated rings. The van der Waals surface area contributed by atoms with Gasteiger partial charge in [0.05, 0.1) is 6.61 Å². The first kappa shape index (κ1) is 18.9. The van der Waals surface area contributed by atoms with Crippen LogP contribution in [0.25, 0.3) is 0 Å². The Morgan fingerprint density at radius 3 is 2.68 bits per heavy atom. The van der Waals surface area contributed by atoms with Gasteiger partial charge in [-0.2, -0.15) is 5.32 Å². The molecule has 0 spiro atoms. The van der Waals surface area contributed by atoms with Crippen molar-refractivity contribution < 1.29 is 31.7 Å². The van der Waals surface area contributed by atoms with Crippen LogP contribution < -0.4 is 5.32 Å². The Labute approximate surface area is 142 Å². The molecule has 4 nitrogen and oxygen atoms in total. The average Bonchev–Trinajstić information content (AvgIpc) is 2.86. The topological polar surface area (TPSA) is 60.6 Å². The molecule has 1 aliphatic rings. The molecule has 0 unspecified atom stereocenters. The molecule has 1 saturated heterocycles. The van der Waals surface area contributed by atoms with Crippen molar-refractivity contribution in [1.29, 1.82) is 0 Å². The Morgan fingerprint density at radius 2 is 2.09 bits per heavy atom. The summed E-state index contributed by atoms with van der Waals surface area (Å²) in [5, 5.41) is 15.3. The van der Waals surface area contributed by atoms with Gasteiger partial charge >= 0.3 is 5.97 Å². The van der Waals surface area contributed by atoms with E-state index in [2.05, 4.69) is 11.9 Å². The third-order valence-electron chi connectivity index (χ3n) is 3.94. The maximum absolute atomic E-state index is 12.3. The number of hydrogen-bond donors (Lipinski definition) is 1. The van der Waals surface area contributed by atoms with Gasteiger partial charge in [0.1, 0.15) is 5.54 Å². The first-order valence-electron chi connectivity index (χ1n) is 7.36. The second kappa shape index (κ2) is 7.93. The molecule has 0 aliphatic carbocycles. The number of hydrogen-bond acceptors (Lipinski definition) is 3. The molecular formula is C17H22FeNO3. The Balaban J connectivity index is 0.00000242. The standard InChI is InChI=1S/C17H22NO3.Fe/c1-3-5-11-16(15(19)21-4-2)12-13-17(20,18-16)14-9-7-6-8-10-14;/h3,6-10,20H,1,4-5,11-13H2,2H3;/t16-,17+;/m1./s1. The molecule has 1 N–H and O–H groups in total. The molecule has 1 heterocycles. The van der Waals surface area contributed by atoms with Crippen LogP contribution >= 0.6 is 0 Å². The molecule has 0 bridgehead atoms. The van der Waals surface area contributed by atoms with Crippen molar-refractivity contribution in [2.24, 2.45) is 0 Å². The molecule has 0 aromatic heterocycles. The van der Waals surface area contributed by atoms with E-state index in [0.29, 0.717) is 32.3 Å². The van der Waals surface area contributed by atoms with E-state index in [1.165, 1.54) is 0 Å². The predicted molar refractivity (Wildman–Crippen MR) is 80.5 cm³/mol. The van der Waals surface area contributed by atoms with Crippen LogP contribution in [-0.2, 0) is 32.3 Å². The minimum atomic E-state index is -1.31. The van der Waals surface area contributed by atoms with Crippen LogP contribution in [-0.4, -0.2) is 23.2 Å². The van der Waals surface area contributed by atoms with Gasteiger partial charge in [-0.3, -0.25) is 0 Å². The number of carbonyl (C=O) groups excluding carboxylic acids is 1. The van der Waals surface area contributed by atoms with Crippen molar-refractivity contribution in [2.75, 3.05) is 6.61 Å². The molecule has 22 heavy (non-hydrogen) atoms. The van der Waals surface area contributed by atoms with Crippen molar-refractivity contribution in [1.82, 2.24) is 5.32 Å². The third-order valence-corrected chi connectivity index (χ3v) is 3.94. The Hall–Kier alpha value is -1.13. The fourth-order valence-electron chi connectivity index (χ4n) is 2.80. The second-order valence-corrected chi connectivity index (χ2v) is 5.37.